The molecule has 42 heavy (non-hydrogen) atoms. The molecule has 1 amide bonds. The molecule has 8 N–H and O–H groups in total. The van der Waals surface area contributed by atoms with Crippen LogP contribution in [0.2, 0.25) is 0 Å². The summed E-state index contributed by atoms with van der Waals surface area (Å²) < 4.78 is 37.7. The number of aliphatic hydroxyl groups is 7. The van der Waals surface area contributed by atoms with Crippen LogP contribution in [-0.4, -0.2) is 159 Å². The van der Waals surface area contributed by atoms with Crippen LogP contribution in [0.4, 0.5) is 0 Å². The van der Waals surface area contributed by atoms with Crippen LogP contribution in [0.15, 0.2) is 0 Å². The van der Waals surface area contributed by atoms with E-state index in [1.54, 1.807) is 0 Å². The molecule has 0 saturated carbocycles. The fourth-order valence-electron chi connectivity index (χ4n) is 4.77. The molecule has 18 heteroatoms. The predicted octanol–water partition coefficient (Wildman–Crippen LogP) is -5.26. The number of amides is 1. The average Bonchev–Trinajstić information content (AvgIpc) is 2.91. The maximum atomic E-state index is 11.8. The summed E-state index contributed by atoms with van der Waals surface area (Å²) in [4.78, 5) is 34.7. The third kappa shape index (κ3) is 8.10. The molecule has 3 saturated heterocycles. The highest BCUT2D eigenvalue weighted by Gasteiger charge is 2.53. The van der Waals surface area contributed by atoms with Gasteiger partial charge in [-0.1, -0.05) is 0 Å². The molecule has 3 aliphatic rings. The molecule has 15 unspecified atom stereocenters. The number of hydrogen-bond acceptors (Lipinski definition) is 17. The van der Waals surface area contributed by atoms with Crippen molar-refractivity contribution < 1.29 is 83.3 Å². The van der Waals surface area contributed by atoms with Gasteiger partial charge in [-0.2, -0.15) is 0 Å². The van der Waals surface area contributed by atoms with Gasteiger partial charge in [-0.25, -0.2) is 0 Å². The Hall–Kier alpha value is -2.07. The summed E-state index contributed by atoms with van der Waals surface area (Å²) in [6, 6.07) is -1.44. The highest BCUT2D eigenvalue weighted by atomic mass is 16.8. The number of ether oxygens (including phenoxy) is 7. The highest BCUT2D eigenvalue weighted by molar-refractivity contribution is 5.73. The summed E-state index contributed by atoms with van der Waals surface area (Å²) in [5.74, 6) is -2.13. The summed E-state index contributed by atoms with van der Waals surface area (Å²) >= 11 is 0. The van der Waals surface area contributed by atoms with Crippen LogP contribution >= 0.6 is 0 Å². The van der Waals surface area contributed by atoms with E-state index in [2.05, 4.69) is 5.32 Å². The van der Waals surface area contributed by atoms with Crippen molar-refractivity contribution in [1.82, 2.24) is 5.32 Å². The fourth-order valence-corrected chi connectivity index (χ4v) is 4.77. The van der Waals surface area contributed by atoms with Crippen LogP contribution in [0.1, 0.15) is 27.7 Å². The van der Waals surface area contributed by atoms with Gasteiger partial charge in [-0.15, -0.1) is 0 Å². The zero-order valence-electron chi connectivity index (χ0n) is 23.3. The first kappa shape index (κ1) is 34.4. The van der Waals surface area contributed by atoms with E-state index in [9.17, 15) is 50.1 Å². The SMILES string of the molecule is CC(=O)NC1C(OC2C(COC(C)=O)OC(OC3C(O)OC(C)C(O)C3O)C(O)C2O)OC(COC(C)=O)C(O)C1O. The lowest BCUT2D eigenvalue weighted by atomic mass is 9.95. The third-order valence-corrected chi connectivity index (χ3v) is 7.00. The van der Waals surface area contributed by atoms with Gasteiger partial charge in [0, 0.05) is 20.8 Å². The number of nitrogens with one attached hydrogen (secondary N) is 1. The number of carbonyl (C=O) groups is 3. The molecule has 0 spiro atoms. The summed E-state index contributed by atoms with van der Waals surface area (Å²) in [6.45, 7) is 3.60. The lowest BCUT2D eigenvalue weighted by Gasteiger charge is -2.48. The Morgan fingerprint density at radius 3 is 1.74 bits per heavy atom. The van der Waals surface area contributed by atoms with E-state index < -0.39 is 123 Å². The number of hydrogen-bond donors (Lipinski definition) is 8. The number of aliphatic hydroxyl groups excluding tert-OH is 7. The molecule has 15 atom stereocenters. The molecule has 242 valence electrons. The lowest BCUT2D eigenvalue weighted by Crippen LogP contribution is -2.68. The van der Waals surface area contributed by atoms with Crippen molar-refractivity contribution in [3.63, 3.8) is 0 Å². The Labute approximate surface area is 240 Å². The van der Waals surface area contributed by atoms with Crippen molar-refractivity contribution in [1.29, 1.82) is 0 Å². The molecule has 0 bridgehead atoms. The molecule has 0 aliphatic carbocycles. The van der Waals surface area contributed by atoms with E-state index in [1.165, 1.54) is 6.92 Å². The molecule has 3 rings (SSSR count). The normalized spacial score (nSPS) is 44.2. The molecule has 3 aliphatic heterocycles. The molecule has 18 nitrogen and oxygen atoms in total. The van der Waals surface area contributed by atoms with Crippen molar-refractivity contribution in [2.45, 2.75) is 120 Å². The van der Waals surface area contributed by atoms with E-state index in [0.717, 1.165) is 20.8 Å². The average molecular weight is 614 g/mol. The van der Waals surface area contributed by atoms with E-state index in [0.29, 0.717) is 0 Å². The Balaban J connectivity index is 1.85. The maximum absolute atomic E-state index is 11.8. The van der Waals surface area contributed by atoms with Crippen molar-refractivity contribution in [3.8, 4) is 0 Å². The first-order chi connectivity index (χ1) is 19.6. The smallest absolute Gasteiger partial charge is 0.302 e. The topological polar surface area (TPSA) is 269 Å². The van der Waals surface area contributed by atoms with Gasteiger partial charge >= 0.3 is 11.9 Å². The van der Waals surface area contributed by atoms with Gasteiger partial charge in [0.2, 0.25) is 5.91 Å². The van der Waals surface area contributed by atoms with Crippen molar-refractivity contribution in [3.05, 3.63) is 0 Å². The second-order valence-corrected chi connectivity index (χ2v) is 10.3. The molecule has 3 fully saturated rings. The minimum absolute atomic E-state index is 0.516. The van der Waals surface area contributed by atoms with Gasteiger partial charge in [0.15, 0.2) is 18.9 Å². The largest absolute Gasteiger partial charge is 0.463 e. The van der Waals surface area contributed by atoms with Crippen molar-refractivity contribution in [2.24, 2.45) is 0 Å². The summed E-state index contributed by atoms with van der Waals surface area (Å²) in [5, 5.41) is 76.2. The van der Waals surface area contributed by atoms with Gasteiger partial charge < -0.3 is 74.2 Å². The minimum Gasteiger partial charge on any atom is -0.463 e. The Bertz CT molecular complexity index is 937. The third-order valence-electron chi connectivity index (χ3n) is 7.00. The monoisotopic (exact) mass is 613 g/mol. The molecular formula is C24H39NO17. The van der Waals surface area contributed by atoms with Crippen LogP contribution in [0.5, 0.6) is 0 Å². The second kappa shape index (κ2) is 14.6. The van der Waals surface area contributed by atoms with Gasteiger partial charge in [0.25, 0.3) is 0 Å². The fraction of sp³-hybridized carbons (Fsp3) is 0.875. The summed E-state index contributed by atoms with van der Waals surface area (Å²) in [6.07, 6.45) is -22.6. The molecule has 3 heterocycles. The first-order valence-electron chi connectivity index (χ1n) is 13.2. The van der Waals surface area contributed by atoms with Crippen LogP contribution in [-0.2, 0) is 47.5 Å². The van der Waals surface area contributed by atoms with Gasteiger partial charge in [-0.3, -0.25) is 14.4 Å². The summed E-state index contributed by atoms with van der Waals surface area (Å²) in [5.41, 5.74) is 0. The van der Waals surface area contributed by atoms with Gasteiger partial charge in [-0.05, 0) is 6.92 Å². The molecule has 0 aromatic carbocycles. The van der Waals surface area contributed by atoms with E-state index in [1.807, 2.05) is 0 Å². The zero-order valence-corrected chi connectivity index (χ0v) is 23.3. The van der Waals surface area contributed by atoms with E-state index in [-0.39, 0.29) is 0 Å². The number of esters is 2. The predicted molar refractivity (Wildman–Crippen MR) is 131 cm³/mol. The van der Waals surface area contributed by atoms with E-state index >= 15 is 0 Å². The van der Waals surface area contributed by atoms with E-state index in [4.69, 9.17) is 33.2 Å². The number of rotatable bonds is 9. The van der Waals surface area contributed by atoms with Gasteiger partial charge in [0.1, 0.15) is 80.3 Å². The van der Waals surface area contributed by atoms with Crippen LogP contribution in [0, 0.1) is 0 Å². The minimum atomic E-state index is -1.95. The molecule has 0 aromatic rings. The molecule has 0 aromatic heterocycles. The summed E-state index contributed by atoms with van der Waals surface area (Å²) in [7, 11) is 0. The quantitative estimate of drug-likeness (QED) is 0.113. The van der Waals surface area contributed by atoms with Crippen LogP contribution in [0.25, 0.3) is 0 Å². The Morgan fingerprint density at radius 2 is 1.17 bits per heavy atom. The van der Waals surface area contributed by atoms with Gasteiger partial charge in [0.05, 0.1) is 6.10 Å². The van der Waals surface area contributed by atoms with Crippen LogP contribution in [0.3, 0.4) is 0 Å². The van der Waals surface area contributed by atoms with Crippen molar-refractivity contribution in [2.75, 3.05) is 13.2 Å². The zero-order chi connectivity index (χ0) is 31.5. The van der Waals surface area contributed by atoms with Crippen molar-refractivity contribution >= 4 is 17.8 Å². The second-order valence-electron chi connectivity index (χ2n) is 10.3. The highest BCUT2D eigenvalue weighted by Crippen LogP contribution is 2.32. The Morgan fingerprint density at radius 1 is 0.643 bits per heavy atom. The standard InChI is InChI=1S/C24H39NO17/c1-7-14(29)17(32)21(22(35)38-7)42-24-19(34)18(33)20(12(40-24)6-37-10(4)28)41-23-13(25-8(2)26)16(31)15(30)11(39-23)5-36-9(3)27/h7,11-24,29-35H,5-6H2,1-4H3,(H,25,26). The molecule has 0 radical (unpaired) electrons. The Kier molecular flexibility index (Phi) is 12.0. The maximum Gasteiger partial charge on any atom is 0.302 e. The first-order valence-corrected chi connectivity index (χ1v) is 13.2. The molecular weight excluding hydrogens is 574 g/mol. The number of carbonyl (C=O) groups excluding carboxylic acids is 3. The lowest BCUT2D eigenvalue weighted by molar-refractivity contribution is -0.375. The van der Waals surface area contributed by atoms with Crippen LogP contribution < -0.4 is 5.32 Å².